The number of hydrogen-bond donors (Lipinski definition) is 0. The fourth-order valence-corrected chi connectivity index (χ4v) is 4.72. The lowest BCUT2D eigenvalue weighted by atomic mass is 9.80. The van der Waals surface area contributed by atoms with E-state index in [-0.39, 0.29) is 22.9 Å². The molecule has 1 aromatic heterocycles. The molecule has 0 spiro atoms. The lowest BCUT2D eigenvalue weighted by Gasteiger charge is -2.35. The Morgan fingerprint density at radius 3 is 1.78 bits per heavy atom. The van der Waals surface area contributed by atoms with Gasteiger partial charge in [0, 0.05) is 22.0 Å². The number of imidazole rings is 1. The molecule has 3 radical (unpaired) electrons. The van der Waals surface area contributed by atoms with Crippen LogP contribution in [0.15, 0.2) is 60.9 Å². The predicted molar refractivity (Wildman–Crippen MR) is 131 cm³/mol. The zero-order valence-corrected chi connectivity index (χ0v) is 20.7. The first kappa shape index (κ1) is 24.0. The van der Waals surface area contributed by atoms with Crippen molar-refractivity contribution in [3.63, 3.8) is 0 Å². The quantitative estimate of drug-likeness (QED) is 0.412. The van der Waals surface area contributed by atoms with Gasteiger partial charge < -0.3 is 17.3 Å². The highest BCUT2D eigenvalue weighted by atomic mass is 16.5. The number of aromatic nitrogens is 2. The second-order valence-electron chi connectivity index (χ2n) is 10.5. The lowest BCUT2D eigenvalue weighted by molar-refractivity contribution is -0.709. The summed E-state index contributed by atoms with van der Waals surface area (Å²) in [6.07, 6.45) is 4.18. The summed E-state index contributed by atoms with van der Waals surface area (Å²) < 4.78 is 15.8. The Morgan fingerprint density at radius 2 is 1.28 bits per heavy atom. The van der Waals surface area contributed by atoms with Crippen molar-refractivity contribution in [2.45, 2.75) is 53.6 Å². The highest BCUT2D eigenvalue weighted by Crippen LogP contribution is 2.41. The molecule has 0 amide bonds. The SMILES string of the molecule is [B-]c1n([C@H](c2ccccc2OC)C(C)(C)C)cc[n+]1[C@H](c1ccccc1OC)C(C)(C)C. The number of ether oxygens (including phenoxy) is 2. The number of para-hydroxylation sites is 2. The third-order valence-corrected chi connectivity index (χ3v) is 5.98. The second kappa shape index (κ2) is 9.05. The standard InChI is InChI=1S/C27H36BN2O2/c1-26(2,3)23(19-13-9-11-15-21(19)31-7)29-17-18-30(25(29)28)24(27(4,5)6)20-14-10-12-16-22(20)32-8/h9-18,23-24H,1-8H3/t23-,24-/m1/s1. The first-order chi connectivity index (χ1) is 15.0. The average molecular weight is 431 g/mol. The van der Waals surface area contributed by atoms with Crippen LogP contribution in [-0.2, 0) is 0 Å². The largest absolute Gasteiger partial charge is 0.496 e. The molecule has 2 atom stereocenters. The molecule has 0 saturated carbocycles. The summed E-state index contributed by atoms with van der Waals surface area (Å²) in [6, 6.07) is 16.4. The molecule has 0 bridgehead atoms. The van der Waals surface area contributed by atoms with Gasteiger partial charge in [0.15, 0.2) is 0 Å². The van der Waals surface area contributed by atoms with Gasteiger partial charge in [-0.05, 0) is 17.9 Å². The number of hydrogen-bond acceptors (Lipinski definition) is 2. The first-order valence-corrected chi connectivity index (χ1v) is 11.1. The molecule has 32 heavy (non-hydrogen) atoms. The van der Waals surface area contributed by atoms with Crippen molar-refractivity contribution in [3.05, 3.63) is 72.1 Å². The van der Waals surface area contributed by atoms with Crippen molar-refractivity contribution in [1.29, 1.82) is 0 Å². The number of benzene rings is 2. The van der Waals surface area contributed by atoms with Gasteiger partial charge in [-0.15, -0.1) is 0 Å². The fraction of sp³-hybridized carbons (Fsp3) is 0.444. The van der Waals surface area contributed by atoms with E-state index in [9.17, 15) is 0 Å². The molecule has 0 fully saturated rings. The van der Waals surface area contributed by atoms with Gasteiger partial charge >= 0.3 is 0 Å². The highest BCUT2D eigenvalue weighted by molar-refractivity contribution is 6.28. The van der Waals surface area contributed by atoms with Crippen LogP contribution in [0.3, 0.4) is 0 Å². The summed E-state index contributed by atoms with van der Waals surface area (Å²) in [4.78, 5) is 0. The van der Waals surface area contributed by atoms with Crippen LogP contribution in [-0.4, -0.2) is 26.6 Å². The Hall–Kier alpha value is -2.69. The Balaban J connectivity index is 2.22. The van der Waals surface area contributed by atoms with E-state index >= 15 is 0 Å². The van der Waals surface area contributed by atoms with E-state index in [2.05, 4.69) is 87.3 Å². The van der Waals surface area contributed by atoms with Crippen LogP contribution in [0.25, 0.3) is 0 Å². The Morgan fingerprint density at radius 1 is 0.781 bits per heavy atom. The minimum atomic E-state index is -0.0960. The topological polar surface area (TPSA) is 27.3 Å². The van der Waals surface area contributed by atoms with Gasteiger partial charge in [-0.25, -0.2) is 0 Å². The molecule has 0 saturated heterocycles. The predicted octanol–water partition coefficient (Wildman–Crippen LogP) is 4.86. The van der Waals surface area contributed by atoms with Crippen LogP contribution in [0.2, 0.25) is 0 Å². The first-order valence-electron chi connectivity index (χ1n) is 11.1. The lowest BCUT2D eigenvalue weighted by Crippen LogP contribution is -2.58. The van der Waals surface area contributed by atoms with E-state index in [1.54, 1.807) is 14.2 Å². The molecule has 4 nitrogen and oxygen atoms in total. The van der Waals surface area contributed by atoms with Crippen molar-refractivity contribution in [3.8, 4) is 11.5 Å². The van der Waals surface area contributed by atoms with Gasteiger partial charge in [-0.2, -0.15) is 0 Å². The van der Waals surface area contributed by atoms with Gasteiger partial charge in [-0.3, -0.25) is 9.13 Å². The van der Waals surface area contributed by atoms with Crippen LogP contribution in [0.4, 0.5) is 0 Å². The summed E-state index contributed by atoms with van der Waals surface area (Å²) in [6.45, 7) is 13.4. The van der Waals surface area contributed by atoms with Crippen LogP contribution >= 0.6 is 0 Å². The van der Waals surface area contributed by atoms with E-state index in [4.69, 9.17) is 17.3 Å². The Bertz CT molecular complexity index is 977. The van der Waals surface area contributed by atoms with E-state index in [1.807, 2.05) is 24.3 Å². The third-order valence-electron chi connectivity index (χ3n) is 5.98. The normalized spacial score (nSPS) is 14.2. The van der Waals surface area contributed by atoms with Gasteiger partial charge in [0.05, 0.1) is 14.2 Å². The maximum absolute atomic E-state index is 6.90. The van der Waals surface area contributed by atoms with Crippen LogP contribution in [0.1, 0.15) is 64.8 Å². The molecule has 0 aliphatic heterocycles. The van der Waals surface area contributed by atoms with Crippen molar-refractivity contribution in [2.24, 2.45) is 10.8 Å². The molecule has 0 aliphatic rings. The molecule has 0 unspecified atom stereocenters. The minimum Gasteiger partial charge on any atom is -0.496 e. The van der Waals surface area contributed by atoms with Crippen molar-refractivity contribution < 1.29 is 14.0 Å². The maximum Gasteiger partial charge on any atom is 0.130 e. The van der Waals surface area contributed by atoms with Crippen LogP contribution < -0.4 is 19.8 Å². The van der Waals surface area contributed by atoms with Gasteiger partial charge in [0.1, 0.15) is 36.0 Å². The zero-order valence-electron chi connectivity index (χ0n) is 20.7. The zero-order chi connectivity index (χ0) is 23.7. The minimum absolute atomic E-state index is 0.00168. The summed E-state index contributed by atoms with van der Waals surface area (Å²) >= 11 is 0. The molecule has 0 N–H and O–H groups in total. The van der Waals surface area contributed by atoms with Gasteiger partial charge in [0.2, 0.25) is 0 Å². The summed E-state index contributed by atoms with van der Waals surface area (Å²) in [5.74, 6) is 1.73. The van der Waals surface area contributed by atoms with Gasteiger partial charge in [0.25, 0.3) is 0 Å². The maximum atomic E-state index is 6.90. The molecular formula is C27H36BN2O2. The molecule has 3 rings (SSSR count). The molecule has 2 aromatic carbocycles. The van der Waals surface area contributed by atoms with Crippen LogP contribution in [0.5, 0.6) is 11.5 Å². The van der Waals surface area contributed by atoms with Crippen LogP contribution in [0, 0.1) is 10.8 Å². The van der Waals surface area contributed by atoms with Crippen molar-refractivity contribution in [2.75, 3.05) is 14.2 Å². The number of methoxy groups -OCH3 is 2. The van der Waals surface area contributed by atoms with Crippen molar-refractivity contribution >= 4 is 13.6 Å². The van der Waals surface area contributed by atoms with Crippen molar-refractivity contribution in [1.82, 2.24) is 4.57 Å². The molecule has 5 heteroatoms. The fourth-order valence-electron chi connectivity index (χ4n) is 4.72. The Labute approximate surface area is 194 Å². The summed E-state index contributed by atoms with van der Waals surface area (Å²) in [5, 5.41) is 0. The summed E-state index contributed by atoms with van der Waals surface area (Å²) in [7, 11) is 10.3. The summed E-state index contributed by atoms with van der Waals surface area (Å²) in [5.41, 5.74) is 2.73. The number of nitrogens with zero attached hydrogens (tertiary/aromatic N) is 2. The van der Waals surface area contributed by atoms with E-state index < -0.39 is 0 Å². The molecule has 1 heterocycles. The van der Waals surface area contributed by atoms with E-state index in [0.717, 1.165) is 22.6 Å². The van der Waals surface area contributed by atoms with E-state index in [0.29, 0.717) is 5.72 Å². The Kier molecular flexibility index (Phi) is 6.78. The molecule has 169 valence electrons. The average Bonchev–Trinajstić information content (AvgIpc) is 3.07. The molecule has 0 aliphatic carbocycles. The second-order valence-corrected chi connectivity index (χ2v) is 10.5. The smallest absolute Gasteiger partial charge is 0.130 e. The monoisotopic (exact) mass is 431 g/mol. The molecule has 3 aromatic rings. The third kappa shape index (κ3) is 4.57. The number of rotatable bonds is 6. The van der Waals surface area contributed by atoms with Gasteiger partial charge in [-0.1, -0.05) is 77.9 Å². The highest BCUT2D eigenvalue weighted by Gasteiger charge is 2.37. The van der Waals surface area contributed by atoms with E-state index in [1.165, 1.54) is 0 Å². The molecular weight excluding hydrogens is 395 g/mol.